The highest BCUT2D eigenvalue weighted by atomic mass is 15.0. The lowest BCUT2D eigenvalue weighted by Crippen LogP contribution is -2.33. The van der Waals surface area contributed by atoms with E-state index >= 15 is 0 Å². The lowest BCUT2D eigenvalue weighted by molar-refractivity contribution is 0.748. The Morgan fingerprint density at radius 2 is 0.960 bits per heavy atom. The van der Waals surface area contributed by atoms with E-state index in [1.807, 2.05) is 12.1 Å². The van der Waals surface area contributed by atoms with Crippen molar-refractivity contribution < 1.29 is 0 Å². The summed E-state index contributed by atoms with van der Waals surface area (Å²) in [5, 5.41) is 2.54. The molecule has 0 N–H and O–H groups in total. The highest BCUT2D eigenvalue weighted by Gasteiger charge is 2.50. The Hall–Kier alpha value is -6.58. The molecule has 1 spiro atoms. The summed E-state index contributed by atoms with van der Waals surface area (Å²) >= 11 is 0. The Balaban J connectivity index is 1.27. The van der Waals surface area contributed by atoms with Crippen LogP contribution >= 0.6 is 0 Å². The second-order valence-corrected chi connectivity index (χ2v) is 13.3. The number of hydrogen-bond acceptors (Lipinski definition) is 2. The third-order valence-corrected chi connectivity index (χ3v) is 10.8. The molecule has 0 atom stereocenters. The van der Waals surface area contributed by atoms with Crippen LogP contribution < -0.4 is 0 Å². The number of para-hydroxylation sites is 2. The third-order valence-electron chi connectivity index (χ3n) is 10.8. The minimum absolute atomic E-state index is 0.526. The first-order valence-electron chi connectivity index (χ1n) is 17.2. The van der Waals surface area contributed by atoms with Crippen molar-refractivity contribution in [2.45, 2.75) is 5.41 Å². The van der Waals surface area contributed by atoms with Crippen LogP contribution in [-0.4, -0.2) is 14.5 Å². The van der Waals surface area contributed by atoms with Crippen LogP contribution in [-0.2, 0) is 5.41 Å². The van der Waals surface area contributed by atoms with Gasteiger partial charge in [-0.2, -0.15) is 0 Å². The summed E-state index contributed by atoms with van der Waals surface area (Å²) in [4.78, 5) is 10.5. The fourth-order valence-electron chi connectivity index (χ4n) is 8.79. The third kappa shape index (κ3) is 3.58. The molecule has 2 aliphatic rings. The van der Waals surface area contributed by atoms with E-state index in [2.05, 4.69) is 168 Å². The summed E-state index contributed by atoms with van der Waals surface area (Å²) in [6, 6.07) is 63.5. The first kappa shape index (κ1) is 27.4. The van der Waals surface area contributed by atoms with Crippen LogP contribution in [0.25, 0.3) is 72.5 Å². The predicted molar refractivity (Wildman–Crippen MR) is 204 cm³/mol. The van der Waals surface area contributed by atoms with Crippen molar-refractivity contribution in [3.63, 3.8) is 0 Å². The van der Waals surface area contributed by atoms with E-state index < -0.39 is 5.41 Å². The Kier molecular flexibility index (Phi) is 5.59. The summed E-state index contributed by atoms with van der Waals surface area (Å²) in [5.41, 5.74) is 15.8. The molecule has 0 saturated heterocycles. The van der Waals surface area contributed by atoms with Crippen molar-refractivity contribution in [2.24, 2.45) is 0 Å². The number of nitrogens with zero attached hydrogens (tertiary/aromatic N) is 3. The normalized spacial score (nSPS) is 13.4. The van der Waals surface area contributed by atoms with Crippen molar-refractivity contribution in [3.8, 4) is 50.7 Å². The zero-order valence-corrected chi connectivity index (χ0v) is 27.1. The molecule has 0 fully saturated rings. The van der Waals surface area contributed by atoms with Crippen LogP contribution in [0.5, 0.6) is 0 Å². The molecule has 7 aromatic carbocycles. The molecule has 1 aliphatic heterocycles. The van der Waals surface area contributed by atoms with Crippen LogP contribution in [0.1, 0.15) is 22.3 Å². The molecule has 0 bridgehead atoms. The molecule has 0 unspecified atom stereocenters. The van der Waals surface area contributed by atoms with Gasteiger partial charge in [-0.3, -0.25) is 0 Å². The molecule has 3 heteroatoms. The minimum Gasteiger partial charge on any atom is -0.309 e. The van der Waals surface area contributed by atoms with Gasteiger partial charge >= 0.3 is 0 Å². The molecular weight excluding hydrogens is 607 g/mol. The van der Waals surface area contributed by atoms with Crippen molar-refractivity contribution in [2.75, 3.05) is 0 Å². The number of aromatic nitrogens is 3. The number of benzene rings is 7. The van der Waals surface area contributed by atoms with Crippen LogP contribution in [0.3, 0.4) is 0 Å². The van der Waals surface area contributed by atoms with Gasteiger partial charge in [0.05, 0.1) is 33.5 Å². The second kappa shape index (κ2) is 10.2. The van der Waals surface area contributed by atoms with Crippen molar-refractivity contribution in [1.29, 1.82) is 0 Å². The van der Waals surface area contributed by atoms with Crippen molar-refractivity contribution >= 4 is 21.8 Å². The quantitative estimate of drug-likeness (QED) is 0.193. The van der Waals surface area contributed by atoms with Gasteiger partial charge in [0, 0.05) is 27.5 Å². The average Bonchev–Trinajstić information content (AvgIpc) is 3.69. The molecule has 2 aromatic heterocycles. The van der Waals surface area contributed by atoms with E-state index in [4.69, 9.17) is 9.97 Å². The molecule has 0 amide bonds. The molecule has 1 aliphatic carbocycles. The van der Waals surface area contributed by atoms with Gasteiger partial charge in [0.1, 0.15) is 0 Å². The Morgan fingerprint density at radius 3 is 1.64 bits per heavy atom. The van der Waals surface area contributed by atoms with E-state index in [9.17, 15) is 0 Å². The summed E-state index contributed by atoms with van der Waals surface area (Å²) in [7, 11) is 0. The number of rotatable bonds is 3. The predicted octanol–water partition coefficient (Wildman–Crippen LogP) is 11.3. The molecule has 3 nitrogen and oxygen atoms in total. The zero-order valence-electron chi connectivity index (χ0n) is 27.1. The van der Waals surface area contributed by atoms with Crippen molar-refractivity contribution in [1.82, 2.24) is 14.5 Å². The maximum absolute atomic E-state index is 5.26. The monoisotopic (exact) mass is 635 g/mol. The lowest BCUT2D eigenvalue weighted by atomic mass is 9.65. The minimum atomic E-state index is -0.526. The first-order chi connectivity index (χ1) is 24.8. The van der Waals surface area contributed by atoms with Gasteiger partial charge in [0.15, 0.2) is 5.82 Å². The van der Waals surface area contributed by atoms with E-state index in [0.717, 1.165) is 28.1 Å². The Labute approximate surface area is 289 Å². The molecule has 232 valence electrons. The first-order valence-corrected chi connectivity index (χ1v) is 17.2. The standard InChI is InChI=1S/C47H29N3/c1-3-14-30(15-4-1)41-29-42(31-16-5-2-6-17-31)49-46(48-41)32-26-27-44-40(28-32)47(37-22-10-7-18-33(37)34-19-8-11-23-38(34)47)39-24-13-21-36-35-20-9-12-25-43(35)50(44)45(36)39/h1-29H. The van der Waals surface area contributed by atoms with Crippen molar-refractivity contribution in [3.05, 3.63) is 198 Å². The molecule has 0 radical (unpaired) electrons. The smallest absolute Gasteiger partial charge is 0.160 e. The number of hydrogen-bond donors (Lipinski definition) is 0. The summed E-state index contributed by atoms with van der Waals surface area (Å²) in [6.45, 7) is 0. The van der Waals surface area contributed by atoms with E-state index in [-0.39, 0.29) is 0 Å². The lowest BCUT2D eigenvalue weighted by Gasteiger charge is -2.39. The fraction of sp³-hybridized carbons (Fsp3) is 0.0213. The van der Waals surface area contributed by atoms with Gasteiger partial charge in [-0.1, -0.05) is 146 Å². The molecule has 11 rings (SSSR count). The van der Waals surface area contributed by atoms with E-state index in [0.29, 0.717) is 5.82 Å². The summed E-state index contributed by atoms with van der Waals surface area (Å²) < 4.78 is 2.49. The van der Waals surface area contributed by atoms with E-state index in [1.165, 1.54) is 60.9 Å². The molecule has 0 saturated carbocycles. The Morgan fingerprint density at radius 1 is 0.400 bits per heavy atom. The van der Waals surface area contributed by atoms with E-state index in [1.54, 1.807) is 0 Å². The summed E-state index contributed by atoms with van der Waals surface area (Å²) in [5.74, 6) is 0.712. The highest BCUT2D eigenvalue weighted by molar-refractivity contribution is 6.13. The van der Waals surface area contributed by atoms with Crippen LogP contribution in [0, 0.1) is 0 Å². The van der Waals surface area contributed by atoms with Gasteiger partial charge in [-0.15, -0.1) is 0 Å². The Bertz CT molecular complexity index is 2710. The van der Waals surface area contributed by atoms with Crippen LogP contribution in [0.15, 0.2) is 176 Å². The highest BCUT2D eigenvalue weighted by Crippen LogP contribution is 2.61. The van der Waals surface area contributed by atoms with Gasteiger partial charge in [0.2, 0.25) is 0 Å². The molecule has 50 heavy (non-hydrogen) atoms. The largest absolute Gasteiger partial charge is 0.309 e. The molecule has 9 aromatic rings. The SMILES string of the molecule is c1ccc(-c2cc(-c3ccccc3)nc(-c3ccc4c(c3)C3(c5ccccc5-c5ccccc53)c3cccc5c6ccccc6n-4c35)n2)cc1. The molecule has 3 heterocycles. The number of fused-ring (bicyclic) bond motifs is 12. The second-order valence-electron chi connectivity index (χ2n) is 13.3. The van der Waals surface area contributed by atoms with Gasteiger partial charge < -0.3 is 4.57 Å². The average molecular weight is 636 g/mol. The van der Waals surface area contributed by atoms with Gasteiger partial charge in [0.25, 0.3) is 0 Å². The molecular formula is C47H29N3. The zero-order chi connectivity index (χ0) is 32.8. The maximum atomic E-state index is 5.26. The van der Waals surface area contributed by atoms with Crippen LogP contribution in [0.4, 0.5) is 0 Å². The fourth-order valence-corrected chi connectivity index (χ4v) is 8.79. The summed E-state index contributed by atoms with van der Waals surface area (Å²) in [6.07, 6.45) is 0. The maximum Gasteiger partial charge on any atom is 0.160 e. The topological polar surface area (TPSA) is 30.7 Å². The van der Waals surface area contributed by atoms with Gasteiger partial charge in [-0.05, 0) is 63.7 Å². The van der Waals surface area contributed by atoms with Gasteiger partial charge in [-0.25, -0.2) is 9.97 Å². The van der Waals surface area contributed by atoms with Crippen LogP contribution in [0.2, 0.25) is 0 Å².